The third-order valence-corrected chi connectivity index (χ3v) is 2.66. The molecular weight excluding hydrogens is 244 g/mol. The summed E-state index contributed by atoms with van der Waals surface area (Å²) in [5, 5.41) is 12.3. The summed E-state index contributed by atoms with van der Waals surface area (Å²) < 4.78 is 5.10. The number of aliphatic hydroxyl groups is 1. The van der Waals surface area contributed by atoms with Crippen LogP contribution in [-0.4, -0.2) is 48.4 Å². The lowest BCUT2D eigenvalue weighted by atomic mass is 10.4. The van der Waals surface area contributed by atoms with E-state index in [4.69, 9.17) is 9.84 Å². The van der Waals surface area contributed by atoms with Gasteiger partial charge in [0, 0.05) is 32.8 Å². The maximum absolute atomic E-state index is 9.09. The highest BCUT2D eigenvalue weighted by Crippen LogP contribution is 2.16. The van der Waals surface area contributed by atoms with Gasteiger partial charge in [-0.1, -0.05) is 6.92 Å². The molecule has 0 atom stereocenters. The van der Waals surface area contributed by atoms with Crippen molar-refractivity contribution in [2.75, 3.05) is 43.6 Å². The molecular formula is C13H24N4O2. The molecule has 0 fully saturated rings. The van der Waals surface area contributed by atoms with Crippen LogP contribution in [0, 0.1) is 0 Å². The first kappa shape index (κ1) is 15.7. The molecule has 0 saturated carbocycles. The van der Waals surface area contributed by atoms with E-state index in [0.29, 0.717) is 19.0 Å². The van der Waals surface area contributed by atoms with Gasteiger partial charge in [-0.2, -0.15) is 0 Å². The minimum absolute atomic E-state index is 0.106. The first-order valence-electron chi connectivity index (χ1n) is 6.71. The van der Waals surface area contributed by atoms with Crippen LogP contribution in [0.25, 0.3) is 0 Å². The molecule has 6 nitrogen and oxygen atoms in total. The molecule has 0 aliphatic rings. The molecule has 1 aromatic heterocycles. The predicted molar refractivity (Wildman–Crippen MR) is 76.5 cm³/mol. The largest absolute Gasteiger partial charge is 0.395 e. The zero-order valence-corrected chi connectivity index (χ0v) is 12.0. The van der Waals surface area contributed by atoms with Crippen LogP contribution in [0.15, 0.2) is 6.07 Å². The Morgan fingerprint density at radius 2 is 2.16 bits per heavy atom. The molecule has 1 heterocycles. The van der Waals surface area contributed by atoms with Gasteiger partial charge < -0.3 is 20.1 Å². The second-order valence-corrected chi connectivity index (χ2v) is 4.19. The van der Waals surface area contributed by atoms with Crippen molar-refractivity contribution in [2.24, 2.45) is 0 Å². The summed E-state index contributed by atoms with van der Waals surface area (Å²) in [5.41, 5.74) is 0. The summed E-state index contributed by atoms with van der Waals surface area (Å²) in [7, 11) is 1.63. The van der Waals surface area contributed by atoms with E-state index in [1.54, 1.807) is 7.11 Å². The van der Waals surface area contributed by atoms with Crippen LogP contribution in [-0.2, 0) is 11.3 Å². The van der Waals surface area contributed by atoms with Gasteiger partial charge in [0.2, 0.25) is 0 Å². The molecule has 0 aromatic carbocycles. The summed E-state index contributed by atoms with van der Waals surface area (Å²) in [5.74, 6) is 2.27. The molecule has 1 rings (SSSR count). The molecule has 108 valence electrons. The van der Waals surface area contributed by atoms with E-state index in [1.165, 1.54) is 0 Å². The van der Waals surface area contributed by atoms with Crippen LogP contribution in [0.5, 0.6) is 0 Å². The molecule has 0 amide bonds. The van der Waals surface area contributed by atoms with Gasteiger partial charge in [0.05, 0.1) is 6.61 Å². The number of likely N-dealkylation sites (N-methyl/N-ethyl adjacent to an activating group) is 1. The van der Waals surface area contributed by atoms with E-state index in [9.17, 15) is 0 Å². The van der Waals surface area contributed by atoms with Gasteiger partial charge in [0.25, 0.3) is 0 Å². The van der Waals surface area contributed by atoms with Crippen LogP contribution in [0.4, 0.5) is 11.6 Å². The summed E-state index contributed by atoms with van der Waals surface area (Å²) in [6.45, 7) is 6.85. The standard InChI is InChI=1S/C13H24N4O2/c1-4-6-14-11-9-13(17(5-2)7-8-18)16-12(15-11)10-19-3/h9,18H,4-8,10H2,1-3H3,(H,14,15,16). The molecule has 1 aromatic rings. The Morgan fingerprint density at radius 3 is 2.74 bits per heavy atom. The van der Waals surface area contributed by atoms with Crippen molar-refractivity contribution in [3.8, 4) is 0 Å². The summed E-state index contributed by atoms with van der Waals surface area (Å²) >= 11 is 0. The maximum Gasteiger partial charge on any atom is 0.158 e. The molecule has 0 bridgehead atoms. The maximum atomic E-state index is 9.09. The second-order valence-electron chi connectivity index (χ2n) is 4.19. The molecule has 6 heteroatoms. The average Bonchev–Trinajstić information content (AvgIpc) is 2.42. The van der Waals surface area contributed by atoms with E-state index in [-0.39, 0.29) is 6.61 Å². The van der Waals surface area contributed by atoms with E-state index in [2.05, 4.69) is 22.2 Å². The third kappa shape index (κ3) is 5.00. The summed E-state index contributed by atoms with van der Waals surface area (Å²) in [4.78, 5) is 10.9. The summed E-state index contributed by atoms with van der Waals surface area (Å²) in [6.07, 6.45) is 1.03. The van der Waals surface area contributed by atoms with Gasteiger partial charge in [-0.25, -0.2) is 9.97 Å². The number of hydrogen-bond donors (Lipinski definition) is 2. The molecule has 0 unspecified atom stereocenters. The molecule has 2 N–H and O–H groups in total. The number of anilines is 2. The van der Waals surface area contributed by atoms with Gasteiger partial charge in [0.1, 0.15) is 18.2 Å². The molecule has 0 aliphatic heterocycles. The Balaban J connectivity index is 2.96. The number of ether oxygens (including phenoxy) is 1. The topological polar surface area (TPSA) is 70.5 Å². The quantitative estimate of drug-likeness (QED) is 0.702. The van der Waals surface area contributed by atoms with Gasteiger partial charge >= 0.3 is 0 Å². The van der Waals surface area contributed by atoms with Crippen LogP contribution in [0.2, 0.25) is 0 Å². The zero-order valence-electron chi connectivity index (χ0n) is 12.0. The molecule has 0 aliphatic carbocycles. The van der Waals surface area contributed by atoms with Crippen molar-refractivity contribution in [1.29, 1.82) is 0 Å². The second kappa shape index (κ2) is 8.66. The molecule has 0 saturated heterocycles. The number of rotatable bonds is 9. The number of methoxy groups -OCH3 is 1. The normalized spacial score (nSPS) is 10.5. The minimum atomic E-state index is 0.106. The Labute approximate surface area is 114 Å². The smallest absolute Gasteiger partial charge is 0.158 e. The lowest BCUT2D eigenvalue weighted by Gasteiger charge is -2.22. The fourth-order valence-electron chi connectivity index (χ4n) is 1.74. The van der Waals surface area contributed by atoms with Gasteiger partial charge in [-0.05, 0) is 13.3 Å². The van der Waals surface area contributed by atoms with Crippen molar-refractivity contribution in [1.82, 2.24) is 9.97 Å². The highest BCUT2D eigenvalue weighted by molar-refractivity contribution is 5.49. The van der Waals surface area contributed by atoms with Gasteiger partial charge in [0.15, 0.2) is 5.82 Å². The first-order chi connectivity index (χ1) is 9.24. The van der Waals surface area contributed by atoms with Crippen LogP contribution in [0.3, 0.4) is 0 Å². The first-order valence-corrected chi connectivity index (χ1v) is 6.71. The molecule has 0 spiro atoms. The van der Waals surface area contributed by atoms with Gasteiger partial charge in [-0.3, -0.25) is 0 Å². The highest BCUT2D eigenvalue weighted by Gasteiger charge is 2.10. The number of nitrogens with one attached hydrogen (secondary N) is 1. The Morgan fingerprint density at radius 1 is 1.37 bits per heavy atom. The number of aromatic nitrogens is 2. The van der Waals surface area contributed by atoms with E-state index in [1.807, 2.05) is 17.9 Å². The van der Waals surface area contributed by atoms with Gasteiger partial charge in [-0.15, -0.1) is 0 Å². The van der Waals surface area contributed by atoms with Crippen LogP contribution < -0.4 is 10.2 Å². The van der Waals surface area contributed by atoms with Crippen molar-refractivity contribution < 1.29 is 9.84 Å². The lowest BCUT2D eigenvalue weighted by molar-refractivity contribution is 0.178. The minimum Gasteiger partial charge on any atom is -0.395 e. The monoisotopic (exact) mass is 268 g/mol. The van der Waals surface area contributed by atoms with E-state index in [0.717, 1.165) is 31.1 Å². The van der Waals surface area contributed by atoms with E-state index < -0.39 is 0 Å². The number of nitrogens with zero attached hydrogens (tertiary/aromatic N) is 3. The number of aliphatic hydroxyl groups excluding tert-OH is 1. The molecule has 19 heavy (non-hydrogen) atoms. The molecule has 0 radical (unpaired) electrons. The van der Waals surface area contributed by atoms with E-state index >= 15 is 0 Å². The average molecular weight is 268 g/mol. The fourth-order valence-corrected chi connectivity index (χ4v) is 1.74. The van der Waals surface area contributed by atoms with Crippen molar-refractivity contribution in [2.45, 2.75) is 26.9 Å². The Hall–Kier alpha value is -1.40. The third-order valence-electron chi connectivity index (χ3n) is 2.66. The number of hydrogen-bond acceptors (Lipinski definition) is 6. The van der Waals surface area contributed by atoms with Crippen LogP contribution in [0.1, 0.15) is 26.1 Å². The lowest BCUT2D eigenvalue weighted by Crippen LogP contribution is -2.27. The SMILES string of the molecule is CCCNc1cc(N(CC)CCO)nc(COC)n1. The zero-order chi connectivity index (χ0) is 14.1. The summed E-state index contributed by atoms with van der Waals surface area (Å²) in [6, 6.07) is 1.91. The van der Waals surface area contributed by atoms with Crippen molar-refractivity contribution in [3.63, 3.8) is 0 Å². The van der Waals surface area contributed by atoms with Crippen LogP contribution >= 0.6 is 0 Å². The van der Waals surface area contributed by atoms with Crippen molar-refractivity contribution >= 4 is 11.6 Å². The fraction of sp³-hybridized carbons (Fsp3) is 0.692. The Kier molecular flexibility index (Phi) is 7.14. The Bertz CT molecular complexity index is 374. The predicted octanol–water partition coefficient (Wildman–Crippen LogP) is 1.26. The van der Waals surface area contributed by atoms with Crippen molar-refractivity contribution in [3.05, 3.63) is 11.9 Å². The highest BCUT2D eigenvalue weighted by atomic mass is 16.5.